The Labute approximate surface area is 145 Å². The molecule has 3 heterocycles. The summed E-state index contributed by atoms with van der Waals surface area (Å²) in [5.74, 6) is 1.15. The summed E-state index contributed by atoms with van der Waals surface area (Å²) in [6.07, 6.45) is 9.22. The molecule has 1 amide bonds. The molecule has 1 atom stereocenters. The molecule has 0 unspecified atom stereocenters. The number of aromatic amines is 1. The number of hydrogen-bond acceptors (Lipinski definition) is 4. The summed E-state index contributed by atoms with van der Waals surface area (Å²) in [6.45, 7) is 4.68. The van der Waals surface area contributed by atoms with Crippen molar-refractivity contribution < 1.29 is 4.79 Å². The van der Waals surface area contributed by atoms with E-state index in [0.29, 0.717) is 19.6 Å². The number of carbonyl (C=O) groups is 1. The predicted molar refractivity (Wildman–Crippen MR) is 91.0 cm³/mol. The van der Waals surface area contributed by atoms with Crippen LogP contribution < -0.4 is 5.69 Å². The van der Waals surface area contributed by atoms with Crippen molar-refractivity contribution in [1.82, 2.24) is 29.2 Å². The second-order valence-electron chi connectivity index (χ2n) is 7.24. The monoisotopic (exact) mass is 344 g/mol. The summed E-state index contributed by atoms with van der Waals surface area (Å²) in [6, 6.07) is 0. The highest BCUT2D eigenvalue weighted by Crippen LogP contribution is 2.49. The Balaban J connectivity index is 1.49. The smallest absolute Gasteiger partial charge is 0.341 e. The first-order valence-electron chi connectivity index (χ1n) is 9.03. The summed E-state index contributed by atoms with van der Waals surface area (Å²) >= 11 is 0. The van der Waals surface area contributed by atoms with E-state index in [4.69, 9.17) is 0 Å². The molecule has 2 aromatic rings. The maximum atomic E-state index is 13.1. The molecule has 1 saturated carbocycles. The Morgan fingerprint density at radius 3 is 2.96 bits per heavy atom. The second kappa shape index (κ2) is 6.16. The highest BCUT2D eigenvalue weighted by Gasteiger charge is 2.52. The van der Waals surface area contributed by atoms with Crippen molar-refractivity contribution in [1.29, 1.82) is 0 Å². The topological polar surface area (TPSA) is 88.8 Å². The van der Waals surface area contributed by atoms with E-state index in [1.165, 1.54) is 0 Å². The molecule has 0 spiro atoms. The zero-order valence-electron chi connectivity index (χ0n) is 14.5. The minimum Gasteiger partial charge on any atom is -0.341 e. The lowest BCUT2D eigenvalue weighted by Gasteiger charge is -2.35. The van der Waals surface area contributed by atoms with E-state index in [0.717, 1.165) is 38.1 Å². The first kappa shape index (κ1) is 16.1. The van der Waals surface area contributed by atoms with Gasteiger partial charge in [-0.05, 0) is 32.6 Å². The third-order valence-corrected chi connectivity index (χ3v) is 5.53. The first-order valence-corrected chi connectivity index (χ1v) is 9.03. The normalized spacial score (nSPS) is 22.1. The Hall–Kier alpha value is -2.38. The van der Waals surface area contributed by atoms with Gasteiger partial charge in [0.25, 0.3) is 0 Å². The third kappa shape index (κ3) is 2.89. The molecule has 8 heteroatoms. The van der Waals surface area contributed by atoms with Gasteiger partial charge >= 0.3 is 5.69 Å². The van der Waals surface area contributed by atoms with Gasteiger partial charge in [-0.25, -0.2) is 14.9 Å². The molecule has 0 aromatic carbocycles. The van der Waals surface area contributed by atoms with Crippen LogP contribution >= 0.6 is 0 Å². The van der Waals surface area contributed by atoms with Crippen molar-refractivity contribution in [3.05, 3.63) is 35.0 Å². The second-order valence-corrected chi connectivity index (χ2v) is 7.24. The molecule has 1 N–H and O–H groups in total. The zero-order chi connectivity index (χ0) is 17.4. The van der Waals surface area contributed by atoms with Gasteiger partial charge in [0.2, 0.25) is 5.91 Å². The number of rotatable bonds is 5. The van der Waals surface area contributed by atoms with E-state index in [1.807, 2.05) is 22.6 Å². The van der Waals surface area contributed by atoms with Crippen LogP contribution in [0.1, 0.15) is 44.3 Å². The molecule has 0 bridgehead atoms. The van der Waals surface area contributed by atoms with Gasteiger partial charge in [-0.15, -0.1) is 0 Å². The molecule has 2 aliphatic rings. The van der Waals surface area contributed by atoms with Crippen molar-refractivity contribution in [2.75, 3.05) is 13.1 Å². The van der Waals surface area contributed by atoms with Crippen molar-refractivity contribution in [2.45, 2.75) is 51.6 Å². The zero-order valence-corrected chi connectivity index (χ0v) is 14.5. The van der Waals surface area contributed by atoms with Gasteiger partial charge in [-0.2, -0.15) is 5.10 Å². The van der Waals surface area contributed by atoms with Gasteiger partial charge in [-0.1, -0.05) is 0 Å². The summed E-state index contributed by atoms with van der Waals surface area (Å²) in [5, 5.41) is 6.76. The van der Waals surface area contributed by atoms with Crippen LogP contribution in [0.2, 0.25) is 0 Å². The highest BCUT2D eigenvalue weighted by molar-refractivity contribution is 5.85. The van der Waals surface area contributed by atoms with Crippen LogP contribution in [0.4, 0.5) is 0 Å². The number of H-pyrrole nitrogens is 1. The number of imidazole rings is 1. The van der Waals surface area contributed by atoms with E-state index in [2.05, 4.69) is 15.2 Å². The number of carbonyl (C=O) groups excluding carboxylic acids is 1. The molecule has 25 heavy (non-hydrogen) atoms. The van der Waals surface area contributed by atoms with E-state index in [9.17, 15) is 9.59 Å². The molecule has 2 aromatic heterocycles. The molecule has 1 saturated heterocycles. The van der Waals surface area contributed by atoms with Crippen LogP contribution in [0.15, 0.2) is 23.5 Å². The number of likely N-dealkylation sites (tertiary alicyclic amines) is 1. The quantitative estimate of drug-likeness (QED) is 0.875. The van der Waals surface area contributed by atoms with Gasteiger partial charge in [0.1, 0.15) is 5.82 Å². The third-order valence-electron chi connectivity index (χ3n) is 5.53. The minimum atomic E-state index is -0.265. The number of nitrogens with zero attached hydrogens (tertiary/aromatic N) is 5. The average Bonchev–Trinajstić information content (AvgIpc) is 3.04. The van der Waals surface area contributed by atoms with Crippen LogP contribution in [0.25, 0.3) is 0 Å². The van der Waals surface area contributed by atoms with E-state index >= 15 is 0 Å². The Morgan fingerprint density at radius 1 is 1.44 bits per heavy atom. The van der Waals surface area contributed by atoms with E-state index in [1.54, 1.807) is 17.1 Å². The summed E-state index contributed by atoms with van der Waals surface area (Å²) < 4.78 is 3.67. The molecule has 4 rings (SSSR count). The van der Waals surface area contributed by atoms with E-state index < -0.39 is 0 Å². The van der Waals surface area contributed by atoms with Gasteiger partial charge in [0.15, 0.2) is 0 Å². The van der Waals surface area contributed by atoms with Crippen LogP contribution in [0.5, 0.6) is 0 Å². The van der Waals surface area contributed by atoms with Gasteiger partial charge in [0, 0.05) is 44.5 Å². The van der Waals surface area contributed by atoms with Crippen molar-refractivity contribution in [3.8, 4) is 0 Å². The fraction of sp³-hybridized carbons (Fsp3) is 0.647. The molecule has 2 fully saturated rings. The molecule has 1 aliphatic heterocycles. The Morgan fingerprint density at radius 2 is 2.28 bits per heavy atom. The predicted octanol–water partition coefficient (Wildman–Crippen LogP) is 0.974. The van der Waals surface area contributed by atoms with Crippen molar-refractivity contribution in [3.63, 3.8) is 0 Å². The molecule has 134 valence electrons. The summed E-state index contributed by atoms with van der Waals surface area (Å²) in [7, 11) is 0. The summed E-state index contributed by atoms with van der Waals surface area (Å²) in [5.41, 5.74) is -0.432. The van der Waals surface area contributed by atoms with Gasteiger partial charge < -0.3 is 9.47 Å². The van der Waals surface area contributed by atoms with Crippen LogP contribution in [0, 0.1) is 5.41 Å². The van der Waals surface area contributed by atoms with E-state index in [-0.39, 0.29) is 22.9 Å². The SMILES string of the molecule is CCn1c([C@H]2CCCN(C(=O)C3(Cn4ccnc4)CC3)C2)n[nH]c1=O. The maximum Gasteiger partial charge on any atom is 0.343 e. The number of aromatic nitrogens is 5. The van der Waals surface area contributed by atoms with Gasteiger partial charge in [-0.3, -0.25) is 9.36 Å². The lowest BCUT2D eigenvalue weighted by molar-refractivity contribution is -0.138. The van der Waals surface area contributed by atoms with Crippen LogP contribution in [-0.4, -0.2) is 48.2 Å². The Bertz CT molecular complexity index is 801. The molecular weight excluding hydrogens is 320 g/mol. The molecular formula is C17H24N6O2. The Kier molecular flexibility index (Phi) is 3.97. The minimum absolute atomic E-state index is 0.126. The fourth-order valence-electron chi connectivity index (χ4n) is 3.98. The summed E-state index contributed by atoms with van der Waals surface area (Å²) in [4.78, 5) is 31.0. The molecule has 8 nitrogen and oxygen atoms in total. The fourth-order valence-corrected chi connectivity index (χ4v) is 3.98. The number of amides is 1. The number of hydrogen-bond donors (Lipinski definition) is 1. The van der Waals surface area contributed by atoms with Gasteiger partial charge in [0.05, 0.1) is 11.7 Å². The maximum absolute atomic E-state index is 13.1. The molecule has 1 aliphatic carbocycles. The van der Waals surface area contributed by atoms with Crippen molar-refractivity contribution >= 4 is 5.91 Å². The van der Waals surface area contributed by atoms with Crippen molar-refractivity contribution in [2.24, 2.45) is 5.41 Å². The standard InChI is InChI=1S/C17H24N6O2/c1-2-23-14(19-20-16(23)25)13-4-3-8-22(10-13)15(24)17(5-6-17)11-21-9-7-18-12-21/h7,9,12-13H,2-6,8,10-11H2,1H3,(H,20,25)/t13-/m0/s1. The lowest BCUT2D eigenvalue weighted by Crippen LogP contribution is -2.44. The van der Waals surface area contributed by atoms with Crippen LogP contribution in [0.3, 0.4) is 0 Å². The highest BCUT2D eigenvalue weighted by atomic mass is 16.2. The number of nitrogens with one attached hydrogen (secondary N) is 1. The molecule has 0 radical (unpaired) electrons. The largest absolute Gasteiger partial charge is 0.343 e. The average molecular weight is 344 g/mol. The van der Waals surface area contributed by atoms with Crippen LogP contribution in [-0.2, 0) is 17.9 Å². The lowest BCUT2D eigenvalue weighted by atomic mass is 9.94. The number of piperidine rings is 1. The first-order chi connectivity index (χ1) is 12.1.